The summed E-state index contributed by atoms with van der Waals surface area (Å²) in [5.74, 6) is -0.474. The zero-order chi connectivity index (χ0) is 20.3. The first-order valence-electron chi connectivity index (χ1n) is 8.76. The number of aromatic nitrogens is 1. The average Bonchev–Trinajstić information content (AvgIpc) is 2.63. The molecule has 5 nitrogen and oxygen atoms in total. The van der Waals surface area contributed by atoms with Crippen molar-refractivity contribution in [1.29, 1.82) is 0 Å². The van der Waals surface area contributed by atoms with Crippen molar-refractivity contribution in [3.63, 3.8) is 0 Å². The van der Waals surface area contributed by atoms with Crippen LogP contribution in [0.5, 0.6) is 0 Å². The normalized spacial score (nSPS) is 10.4. The highest BCUT2D eigenvalue weighted by molar-refractivity contribution is 9.10. The van der Waals surface area contributed by atoms with Crippen molar-refractivity contribution < 1.29 is 9.59 Å². The lowest BCUT2D eigenvalue weighted by Gasteiger charge is -2.14. The molecule has 0 saturated carbocycles. The molecule has 142 valence electrons. The van der Waals surface area contributed by atoms with Crippen LogP contribution in [-0.2, 0) is 4.79 Å². The first kappa shape index (κ1) is 19.8. The summed E-state index contributed by atoms with van der Waals surface area (Å²) in [5.41, 5.74) is 4.96. The number of nitrogens with zero attached hydrogens (tertiary/aromatic N) is 1. The molecule has 0 unspecified atom stereocenters. The highest BCUT2D eigenvalue weighted by Gasteiger charge is 2.14. The highest BCUT2D eigenvalue weighted by atomic mass is 79.9. The summed E-state index contributed by atoms with van der Waals surface area (Å²) in [7, 11) is 0. The van der Waals surface area contributed by atoms with E-state index in [-0.39, 0.29) is 11.8 Å². The van der Waals surface area contributed by atoms with Crippen molar-refractivity contribution in [3.8, 4) is 11.3 Å². The number of benzene rings is 2. The standard InChI is InChI=1S/C22H20BrN3O2/c1-13-7-9-20(25-15(3)27)21(11-13)26-22(28)18-8-10-19(24-14(18)2)16-5-4-6-17(23)12-16/h4-12H,1-3H3,(H,25,27)(H,26,28). The van der Waals surface area contributed by atoms with Gasteiger partial charge in [-0.2, -0.15) is 0 Å². The van der Waals surface area contributed by atoms with Gasteiger partial charge in [-0.1, -0.05) is 34.1 Å². The summed E-state index contributed by atoms with van der Waals surface area (Å²) < 4.78 is 0.969. The Morgan fingerprint density at radius 2 is 1.71 bits per heavy atom. The Bertz CT molecular complexity index is 1060. The van der Waals surface area contributed by atoms with Gasteiger partial charge in [-0.25, -0.2) is 0 Å². The molecule has 0 fully saturated rings. The number of pyridine rings is 1. The molecule has 1 heterocycles. The summed E-state index contributed by atoms with van der Waals surface area (Å²) in [4.78, 5) is 28.8. The molecule has 0 aliphatic heterocycles. The molecular weight excluding hydrogens is 418 g/mol. The van der Waals surface area contributed by atoms with Crippen molar-refractivity contribution >= 4 is 39.1 Å². The number of hydrogen-bond donors (Lipinski definition) is 2. The maximum absolute atomic E-state index is 12.8. The van der Waals surface area contributed by atoms with Gasteiger partial charge in [0.1, 0.15) is 0 Å². The predicted octanol–water partition coefficient (Wildman–Crippen LogP) is 5.34. The lowest BCUT2D eigenvalue weighted by Crippen LogP contribution is -2.17. The second kappa shape index (κ2) is 8.35. The largest absolute Gasteiger partial charge is 0.325 e. The van der Waals surface area contributed by atoms with Crippen LogP contribution in [0.2, 0.25) is 0 Å². The first-order valence-corrected chi connectivity index (χ1v) is 9.56. The molecule has 0 aliphatic carbocycles. The number of carbonyl (C=O) groups is 2. The molecular formula is C22H20BrN3O2. The molecule has 28 heavy (non-hydrogen) atoms. The number of hydrogen-bond acceptors (Lipinski definition) is 3. The van der Waals surface area contributed by atoms with E-state index in [1.54, 1.807) is 19.1 Å². The lowest BCUT2D eigenvalue weighted by molar-refractivity contribution is -0.114. The van der Waals surface area contributed by atoms with Crippen molar-refractivity contribution in [2.24, 2.45) is 0 Å². The van der Waals surface area contributed by atoms with E-state index in [1.807, 2.05) is 49.4 Å². The third-order valence-corrected chi connectivity index (χ3v) is 4.68. The van der Waals surface area contributed by atoms with Gasteiger partial charge >= 0.3 is 0 Å². The minimum atomic E-state index is -0.275. The van der Waals surface area contributed by atoms with Gasteiger partial charge in [-0.3, -0.25) is 14.6 Å². The topological polar surface area (TPSA) is 71.1 Å². The second-order valence-electron chi connectivity index (χ2n) is 6.52. The Morgan fingerprint density at radius 3 is 2.39 bits per heavy atom. The Balaban J connectivity index is 1.88. The van der Waals surface area contributed by atoms with Gasteiger partial charge in [-0.05, 0) is 55.8 Å². The molecule has 0 spiro atoms. The van der Waals surface area contributed by atoms with Crippen LogP contribution in [0.15, 0.2) is 59.1 Å². The molecule has 2 amide bonds. The van der Waals surface area contributed by atoms with Gasteiger partial charge in [0.05, 0.1) is 28.3 Å². The van der Waals surface area contributed by atoms with E-state index in [0.29, 0.717) is 22.6 Å². The molecule has 2 N–H and O–H groups in total. The van der Waals surface area contributed by atoms with Crippen LogP contribution >= 0.6 is 15.9 Å². The van der Waals surface area contributed by atoms with Gasteiger partial charge in [0.25, 0.3) is 5.91 Å². The monoisotopic (exact) mass is 437 g/mol. The Hall–Kier alpha value is -2.99. The van der Waals surface area contributed by atoms with Crippen LogP contribution < -0.4 is 10.6 Å². The van der Waals surface area contributed by atoms with Crippen LogP contribution in [0.1, 0.15) is 28.5 Å². The number of halogens is 1. The number of amides is 2. The number of rotatable bonds is 4. The smallest absolute Gasteiger partial charge is 0.257 e. The van der Waals surface area contributed by atoms with Crippen molar-refractivity contribution in [2.45, 2.75) is 20.8 Å². The molecule has 0 bridgehead atoms. The van der Waals surface area contributed by atoms with Crippen molar-refractivity contribution in [1.82, 2.24) is 4.98 Å². The predicted molar refractivity (Wildman–Crippen MR) is 116 cm³/mol. The zero-order valence-electron chi connectivity index (χ0n) is 15.8. The van der Waals surface area contributed by atoms with E-state index in [4.69, 9.17) is 0 Å². The van der Waals surface area contributed by atoms with Gasteiger partial charge in [0, 0.05) is 17.0 Å². The third-order valence-electron chi connectivity index (χ3n) is 4.18. The van der Waals surface area contributed by atoms with Crippen molar-refractivity contribution in [3.05, 3.63) is 75.9 Å². The van der Waals surface area contributed by atoms with Gasteiger partial charge in [0.15, 0.2) is 0 Å². The number of nitrogens with one attached hydrogen (secondary N) is 2. The number of anilines is 2. The second-order valence-corrected chi connectivity index (χ2v) is 7.44. The van der Waals surface area contributed by atoms with E-state index < -0.39 is 0 Å². The zero-order valence-corrected chi connectivity index (χ0v) is 17.4. The SMILES string of the molecule is CC(=O)Nc1ccc(C)cc1NC(=O)c1ccc(-c2cccc(Br)c2)nc1C. The Kier molecular flexibility index (Phi) is 5.90. The lowest BCUT2D eigenvalue weighted by atomic mass is 10.1. The fourth-order valence-electron chi connectivity index (χ4n) is 2.86. The van der Waals surface area contributed by atoms with Crippen LogP contribution in [-0.4, -0.2) is 16.8 Å². The summed E-state index contributed by atoms with van der Waals surface area (Å²) in [6.45, 7) is 5.16. The average molecular weight is 438 g/mol. The molecule has 3 rings (SSSR count). The number of carbonyl (C=O) groups excluding carboxylic acids is 2. The van der Waals surface area contributed by atoms with E-state index in [1.165, 1.54) is 6.92 Å². The fraction of sp³-hybridized carbons (Fsp3) is 0.136. The number of aryl methyl sites for hydroxylation is 2. The molecule has 6 heteroatoms. The molecule has 1 aromatic heterocycles. The van der Waals surface area contributed by atoms with Gasteiger partial charge in [-0.15, -0.1) is 0 Å². The van der Waals surface area contributed by atoms with Crippen molar-refractivity contribution in [2.75, 3.05) is 10.6 Å². The molecule has 0 radical (unpaired) electrons. The van der Waals surface area contributed by atoms with Gasteiger partial charge in [0.2, 0.25) is 5.91 Å². The minimum Gasteiger partial charge on any atom is -0.325 e. The van der Waals surface area contributed by atoms with E-state index in [9.17, 15) is 9.59 Å². The van der Waals surface area contributed by atoms with E-state index in [0.717, 1.165) is 21.3 Å². The first-order chi connectivity index (χ1) is 13.3. The maximum atomic E-state index is 12.8. The third kappa shape index (κ3) is 4.64. The quantitative estimate of drug-likeness (QED) is 0.578. The van der Waals surface area contributed by atoms with Crippen LogP contribution in [0.25, 0.3) is 11.3 Å². The molecule has 0 saturated heterocycles. The van der Waals surface area contributed by atoms with Crippen LogP contribution in [0.4, 0.5) is 11.4 Å². The Morgan fingerprint density at radius 1 is 0.929 bits per heavy atom. The van der Waals surface area contributed by atoms with E-state index in [2.05, 4.69) is 31.5 Å². The molecule has 2 aromatic carbocycles. The maximum Gasteiger partial charge on any atom is 0.257 e. The Labute approximate surface area is 172 Å². The van der Waals surface area contributed by atoms with Crippen LogP contribution in [0, 0.1) is 13.8 Å². The highest BCUT2D eigenvalue weighted by Crippen LogP contribution is 2.26. The summed E-state index contributed by atoms with van der Waals surface area (Å²) in [6, 6.07) is 16.9. The van der Waals surface area contributed by atoms with Gasteiger partial charge < -0.3 is 10.6 Å². The van der Waals surface area contributed by atoms with Crippen LogP contribution in [0.3, 0.4) is 0 Å². The summed E-state index contributed by atoms with van der Waals surface area (Å²) in [6.07, 6.45) is 0. The minimum absolute atomic E-state index is 0.199. The fourth-order valence-corrected chi connectivity index (χ4v) is 3.26. The molecule has 0 atom stereocenters. The molecule has 3 aromatic rings. The van der Waals surface area contributed by atoms with E-state index >= 15 is 0 Å². The summed E-state index contributed by atoms with van der Waals surface area (Å²) in [5, 5.41) is 5.62. The molecule has 0 aliphatic rings. The summed E-state index contributed by atoms with van der Waals surface area (Å²) >= 11 is 3.46.